The normalized spacial score (nSPS) is 12.0. The van der Waals surface area contributed by atoms with Gasteiger partial charge in [0.2, 0.25) is 0 Å². The van der Waals surface area contributed by atoms with Crippen LogP contribution in [-0.4, -0.2) is 33.9 Å². The average Bonchev–Trinajstić information content (AvgIpc) is 2.63. The van der Waals surface area contributed by atoms with Crippen molar-refractivity contribution in [2.75, 3.05) is 11.9 Å². The highest BCUT2D eigenvalue weighted by molar-refractivity contribution is 5.95. The van der Waals surface area contributed by atoms with Crippen LogP contribution in [0.5, 0.6) is 0 Å². The third-order valence-corrected chi connectivity index (χ3v) is 4.26. The smallest absolute Gasteiger partial charge is 0.251 e. The third kappa shape index (κ3) is 5.53. The molecule has 1 amide bonds. The first-order valence-corrected chi connectivity index (χ1v) is 8.67. The molecular formula is C19H26N4O2. The maximum Gasteiger partial charge on any atom is 0.251 e. The summed E-state index contributed by atoms with van der Waals surface area (Å²) in [6, 6.07) is 10.9. The van der Waals surface area contributed by atoms with Crippen LogP contribution < -0.4 is 10.6 Å². The van der Waals surface area contributed by atoms with E-state index in [0.29, 0.717) is 11.4 Å². The number of hydrogen-bond donors (Lipinski definition) is 3. The molecule has 1 heterocycles. The van der Waals surface area contributed by atoms with Crippen LogP contribution in [0, 0.1) is 12.8 Å². The van der Waals surface area contributed by atoms with Gasteiger partial charge in [0.05, 0.1) is 11.8 Å². The van der Waals surface area contributed by atoms with Gasteiger partial charge in [0, 0.05) is 17.8 Å². The largest absolute Gasteiger partial charge is 0.391 e. The van der Waals surface area contributed by atoms with Gasteiger partial charge in [0.1, 0.15) is 0 Å². The van der Waals surface area contributed by atoms with E-state index in [1.54, 1.807) is 18.2 Å². The zero-order chi connectivity index (χ0) is 18.2. The molecule has 0 aliphatic heterocycles. The summed E-state index contributed by atoms with van der Waals surface area (Å²) in [4.78, 5) is 12.3. The fourth-order valence-corrected chi connectivity index (χ4v) is 2.65. The van der Waals surface area contributed by atoms with Gasteiger partial charge < -0.3 is 15.7 Å². The molecule has 3 N–H and O–H groups in total. The predicted octanol–water partition coefficient (Wildman–Crippen LogP) is 3.06. The number of anilines is 2. The number of hydrogen-bond acceptors (Lipinski definition) is 5. The molecule has 134 valence electrons. The maximum absolute atomic E-state index is 12.3. The highest BCUT2D eigenvalue weighted by Crippen LogP contribution is 2.16. The number of nitrogens with one attached hydrogen (secondary N) is 2. The summed E-state index contributed by atoms with van der Waals surface area (Å²) in [5, 5.41) is 24.1. The Morgan fingerprint density at radius 1 is 1.16 bits per heavy atom. The topological polar surface area (TPSA) is 87.1 Å². The molecule has 0 radical (unpaired) electrons. The summed E-state index contributed by atoms with van der Waals surface area (Å²) in [5.74, 6) is 0.615. The summed E-state index contributed by atoms with van der Waals surface area (Å²) in [6.45, 7) is 6.22. The lowest BCUT2D eigenvalue weighted by Crippen LogP contribution is -2.36. The fourth-order valence-electron chi connectivity index (χ4n) is 2.65. The molecule has 6 nitrogen and oxygen atoms in total. The minimum Gasteiger partial charge on any atom is -0.391 e. The molecule has 6 heteroatoms. The van der Waals surface area contributed by atoms with Crippen molar-refractivity contribution in [2.45, 2.75) is 39.7 Å². The Morgan fingerprint density at radius 2 is 1.92 bits per heavy atom. The van der Waals surface area contributed by atoms with E-state index in [2.05, 4.69) is 20.8 Å². The van der Waals surface area contributed by atoms with Crippen molar-refractivity contribution < 1.29 is 9.90 Å². The van der Waals surface area contributed by atoms with Gasteiger partial charge in [-0.2, -0.15) is 5.10 Å². The van der Waals surface area contributed by atoms with E-state index in [-0.39, 0.29) is 18.4 Å². The molecule has 1 unspecified atom stereocenters. The second kappa shape index (κ2) is 9.13. The minimum absolute atomic E-state index is 0.202. The number of nitrogens with zero attached hydrogens (tertiary/aromatic N) is 2. The summed E-state index contributed by atoms with van der Waals surface area (Å²) in [7, 11) is 0. The number of carbonyl (C=O) groups excluding carboxylic acids is 1. The Kier molecular flexibility index (Phi) is 6.89. The van der Waals surface area contributed by atoms with Crippen molar-refractivity contribution in [1.82, 2.24) is 15.5 Å². The molecular weight excluding hydrogens is 316 g/mol. The van der Waals surface area contributed by atoms with E-state index < -0.39 is 6.10 Å². The molecule has 1 aromatic carbocycles. The second-order valence-corrected chi connectivity index (χ2v) is 6.12. The quantitative estimate of drug-likeness (QED) is 0.686. The summed E-state index contributed by atoms with van der Waals surface area (Å²) in [6.07, 6.45) is 1.26. The van der Waals surface area contributed by atoms with Gasteiger partial charge in [-0.3, -0.25) is 4.79 Å². The van der Waals surface area contributed by atoms with Crippen LogP contribution in [0.2, 0.25) is 0 Å². The summed E-state index contributed by atoms with van der Waals surface area (Å²) in [5.41, 5.74) is 2.13. The first kappa shape index (κ1) is 18.9. The van der Waals surface area contributed by atoms with Crippen LogP contribution >= 0.6 is 0 Å². The van der Waals surface area contributed by atoms with E-state index in [0.717, 1.165) is 24.2 Å². The van der Waals surface area contributed by atoms with Gasteiger partial charge in [0.15, 0.2) is 5.82 Å². The third-order valence-electron chi connectivity index (χ3n) is 4.26. The molecule has 2 rings (SSSR count). The number of aryl methyl sites for hydroxylation is 1. The Morgan fingerprint density at radius 3 is 2.56 bits per heavy atom. The van der Waals surface area contributed by atoms with Crippen molar-refractivity contribution in [3.8, 4) is 0 Å². The van der Waals surface area contributed by atoms with E-state index >= 15 is 0 Å². The monoisotopic (exact) mass is 342 g/mol. The number of rotatable bonds is 8. The van der Waals surface area contributed by atoms with Gasteiger partial charge >= 0.3 is 0 Å². The van der Waals surface area contributed by atoms with Crippen LogP contribution in [0.3, 0.4) is 0 Å². The molecule has 0 aliphatic carbocycles. The first-order valence-electron chi connectivity index (χ1n) is 8.67. The average molecular weight is 342 g/mol. The highest BCUT2D eigenvalue weighted by Gasteiger charge is 2.16. The zero-order valence-corrected chi connectivity index (χ0v) is 15.0. The van der Waals surface area contributed by atoms with Gasteiger partial charge in [-0.05, 0) is 43.2 Å². The Bertz CT molecular complexity index is 684. The second-order valence-electron chi connectivity index (χ2n) is 6.12. The molecule has 0 aliphatic rings. The lowest BCUT2D eigenvalue weighted by Gasteiger charge is -2.20. The van der Waals surface area contributed by atoms with Crippen LogP contribution in [0.25, 0.3) is 0 Å². The van der Waals surface area contributed by atoms with Crippen LogP contribution in [0.15, 0.2) is 36.4 Å². The number of amides is 1. The molecule has 2 aromatic rings. The SMILES string of the molecule is CCC(CC)C(O)CNC(=O)c1cccc(Nc2ccc(C)nn2)c1. The van der Waals surface area contributed by atoms with Crippen molar-refractivity contribution in [2.24, 2.45) is 5.92 Å². The lowest BCUT2D eigenvalue weighted by atomic mass is 9.96. The van der Waals surface area contributed by atoms with Crippen molar-refractivity contribution in [1.29, 1.82) is 0 Å². The van der Waals surface area contributed by atoms with Crippen molar-refractivity contribution in [3.05, 3.63) is 47.7 Å². The van der Waals surface area contributed by atoms with E-state index in [4.69, 9.17) is 0 Å². The van der Waals surface area contributed by atoms with Crippen LogP contribution in [0.4, 0.5) is 11.5 Å². The van der Waals surface area contributed by atoms with Gasteiger partial charge in [-0.25, -0.2) is 0 Å². The Labute approximate surface area is 148 Å². The highest BCUT2D eigenvalue weighted by atomic mass is 16.3. The number of carbonyl (C=O) groups is 1. The number of benzene rings is 1. The van der Waals surface area contributed by atoms with Crippen LogP contribution in [0.1, 0.15) is 42.7 Å². The summed E-state index contributed by atoms with van der Waals surface area (Å²) >= 11 is 0. The zero-order valence-electron chi connectivity index (χ0n) is 15.0. The van der Waals surface area contributed by atoms with Crippen molar-refractivity contribution >= 4 is 17.4 Å². The first-order chi connectivity index (χ1) is 12.0. The molecule has 1 atom stereocenters. The van der Waals surface area contributed by atoms with E-state index in [9.17, 15) is 9.90 Å². The summed E-state index contributed by atoms with van der Waals surface area (Å²) < 4.78 is 0. The fraction of sp³-hybridized carbons (Fsp3) is 0.421. The molecule has 0 spiro atoms. The van der Waals surface area contributed by atoms with Gasteiger partial charge in [0.25, 0.3) is 5.91 Å². The molecule has 0 fully saturated rings. The lowest BCUT2D eigenvalue weighted by molar-refractivity contribution is 0.0816. The molecule has 0 saturated carbocycles. The molecule has 1 aromatic heterocycles. The number of aliphatic hydroxyl groups excluding tert-OH is 1. The van der Waals surface area contributed by atoms with Gasteiger partial charge in [-0.1, -0.05) is 32.8 Å². The molecule has 0 saturated heterocycles. The number of aromatic nitrogens is 2. The Hall–Kier alpha value is -2.47. The maximum atomic E-state index is 12.3. The van der Waals surface area contributed by atoms with E-state index in [1.807, 2.05) is 39.0 Å². The van der Waals surface area contributed by atoms with E-state index in [1.165, 1.54) is 0 Å². The van der Waals surface area contributed by atoms with Gasteiger partial charge in [-0.15, -0.1) is 5.10 Å². The number of aliphatic hydroxyl groups is 1. The van der Waals surface area contributed by atoms with Crippen LogP contribution in [-0.2, 0) is 0 Å². The molecule has 0 bridgehead atoms. The molecule has 25 heavy (non-hydrogen) atoms. The minimum atomic E-state index is -0.525. The Balaban J connectivity index is 1.97. The van der Waals surface area contributed by atoms with Crippen molar-refractivity contribution in [3.63, 3.8) is 0 Å². The predicted molar refractivity (Wildman–Crippen MR) is 98.9 cm³/mol. The standard InChI is InChI=1S/C19H26N4O2/c1-4-14(5-2)17(24)12-20-19(25)15-7-6-8-16(11-15)21-18-10-9-13(3)22-23-18/h6-11,14,17,24H,4-5,12H2,1-3H3,(H,20,25)(H,21,23).